The first kappa shape index (κ1) is 45.6. The van der Waals surface area contributed by atoms with Crippen molar-refractivity contribution in [2.75, 3.05) is 13.6 Å². The van der Waals surface area contributed by atoms with E-state index in [1.54, 1.807) is 24.3 Å². The molecule has 1 heterocycles. The van der Waals surface area contributed by atoms with E-state index in [-0.39, 0.29) is 48.6 Å². The number of carbonyl (C=O) groups excluding carboxylic acids is 1. The quantitative estimate of drug-likeness (QED) is 0.0885. The Morgan fingerprint density at radius 1 is 0.738 bits per heavy atom. The van der Waals surface area contributed by atoms with E-state index >= 15 is 0 Å². The highest BCUT2D eigenvalue weighted by Crippen LogP contribution is 2.43. The molecule has 10 heteroatoms. The zero-order valence-electron chi connectivity index (χ0n) is 37.3. The molecule has 6 atom stereocenters. The molecule has 1 aliphatic heterocycles. The Morgan fingerprint density at radius 2 is 1.40 bits per heavy atom. The number of aliphatic hydroxyl groups excluding tert-OH is 1. The standard InChI is InChI=1S/C55H57N3O6S/c1-37-18-30-49(31-19-37)65(61,62)57-51(32-40-12-6-5-7-13-40)54(60)56-34-48-16-10-11-17-50(48)43-25-27-45(28-26-43)55-63-52(38(2)53(64-55)44-22-20-41(36-59)21-23-44)35-58(4)39(3)46-29-24-42-14-8-9-15-47(42)33-46/h5-31,33,38-39,51-53,55,57,59H,32,34-36H2,1-4H3,(H,56,60)/t38-,39+,51+,52+,53+,55+/m0/s1. The Balaban J connectivity index is 0.997. The lowest BCUT2D eigenvalue weighted by Gasteiger charge is -2.43. The largest absolute Gasteiger partial charge is 0.392 e. The van der Waals surface area contributed by atoms with Gasteiger partial charge in [-0.3, -0.25) is 9.69 Å². The lowest BCUT2D eigenvalue weighted by Crippen LogP contribution is -2.47. The molecule has 7 aromatic carbocycles. The number of aliphatic hydroxyl groups is 1. The SMILES string of the molecule is Cc1ccc(S(=O)(=O)N[C@H](Cc2ccccc2)C(=O)NCc2ccccc2-c2ccc([C@@H]3O[C@H](CN(C)[C@H](C)c4ccc5ccccc5c4)[C@H](C)[C@H](c4ccc(CO)cc4)O3)cc2)cc1. The molecule has 0 spiro atoms. The molecule has 334 valence electrons. The minimum atomic E-state index is -3.99. The molecular weight excluding hydrogens is 831 g/mol. The topological polar surface area (TPSA) is 117 Å². The second-order valence-corrected chi connectivity index (χ2v) is 18.9. The van der Waals surface area contributed by atoms with Gasteiger partial charge in [-0.25, -0.2) is 8.42 Å². The van der Waals surface area contributed by atoms with E-state index in [0.717, 1.165) is 44.5 Å². The smallest absolute Gasteiger partial charge is 0.241 e. The van der Waals surface area contributed by atoms with Gasteiger partial charge >= 0.3 is 0 Å². The molecule has 0 saturated carbocycles. The zero-order valence-corrected chi connectivity index (χ0v) is 38.1. The van der Waals surface area contributed by atoms with Crippen molar-refractivity contribution in [3.63, 3.8) is 0 Å². The van der Waals surface area contributed by atoms with Gasteiger partial charge in [-0.15, -0.1) is 0 Å². The molecule has 1 aliphatic rings. The molecule has 1 saturated heterocycles. The van der Waals surface area contributed by atoms with Crippen LogP contribution in [0.4, 0.5) is 0 Å². The Bertz CT molecular complexity index is 2800. The molecular formula is C55H57N3O6S. The minimum absolute atomic E-state index is 0.0176. The van der Waals surface area contributed by atoms with Crippen molar-refractivity contribution in [1.29, 1.82) is 0 Å². The van der Waals surface area contributed by atoms with Crippen molar-refractivity contribution in [3.8, 4) is 11.1 Å². The Kier molecular flexibility index (Phi) is 14.3. The lowest BCUT2D eigenvalue weighted by molar-refractivity contribution is -0.276. The number of benzene rings is 7. The van der Waals surface area contributed by atoms with Crippen LogP contribution >= 0.6 is 0 Å². The van der Waals surface area contributed by atoms with Crippen molar-refractivity contribution in [2.45, 2.75) is 75.8 Å². The van der Waals surface area contributed by atoms with E-state index in [1.807, 2.05) is 110 Å². The summed E-state index contributed by atoms with van der Waals surface area (Å²) >= 11 is 0. The van der Waals surface area contributed by atoms with E-state index < -0.39 is 28.3 Å². The second kappa shape index (κ2) is 20.5. The number of fused-ring (bicyclic) bond motifs is 1. The monoisotopic (exact) mass is 887 g/mol. The third kappa shape index (κ3) is 10.9. The van der Waals surface area contributed by atoms with Crippen LogP contribution in [0.2, 0.25) is 0 Å². The summed E-state index contributed by atoms with van der Waals surface area (Å²) in [7, 11) is -1.84. The summed E-state index contributed by atoms with van der Waals surface area (Å²) in [6.07, 6.45) is -0.885. The first-order chi connectivity index (χ1) is 31.4. The van der Waals surface area contributed by atoms with E-state index in [0.29, 0.717) is 6.54 Å². The van der Waals surface area contributed by atoms with Gasteiger partial charge in [-0.1, -0.05) is 164 Å². The number of carbonyl (C=O) groups is 1. The van der Waals surface area contributed by atoms with Crippen LogP contribution in [-0.4, -0.2) is 50.1 Å². The number of rotatable bonds is 16. The predicted molar refractivity (Wildman–Crippen MR) is 257 cm³/mol. The maximum atomic E-state index is 13.9. The molecule has 0 bridgehead atoms. The molecule has 0 aliphatic carbocycles. The van der Waals surface area contributed by atoms with Gasteiger partial charge in [0.15, 0.2) is 6.29 Å². The number of ether oxygens (including phenoxy) is 2. The summed E-state index contributed by atoms with van der Waals surface area (Å²) < 4.78 is 43.4. The molecule has 8 rings (SSSR count). The molecule has 1 fully saturated rings. The van der Waals surface area contributed by atoms with E-state index in [1.165, 1.54) is 16.3 Å². The third-order valence-electron chi connectivity index (χ3n) is 12.7. The van der Waals surface area contributed by atoms with Crippen molar-refractivity contribution in [3.05, 3.63) is 209 Å². The first-order valence-electron chi connectivity index (χ1n) is 22.2. The van der Waals surface area contributed by atoms with Crippen molar-refractivity contribution >= 4 is 26.7 Å². The number of nitrogens with zero attached hydrogens (tertiary/aromatic N) is 1. The average molecular weight is 888 g/mol. The van der Waals surface area contributed by atoms with Crippen LogP contribution in [0.15, 0.2) is 175 Å². The summed E-state index contributed by atoms with van der Waals surface area (Å²) in [5.41, 5.74) is 8.51. The van der Waals surface area contributed by atoms with Gasteiger partial charge in [0.25, 0.3) is 0 Å². The van der Waals surface area contributed by atoms with Gasteiger partial charge in [-0.2, -0.15) is 4.72 Å². The molecule has 65 heavy (non-hydrogen) atoms. The van der Waals surface area contributed by atoms with Crippen LogP contribution in [0.1, 0.15) is 71.2 Å². The Labute approximate surface area is 383 Å². The van der Waals surface area contributed by atoms with Crippen molar-refractivity contribution in [1.82, 2.24) is 14.9 Å². The predicted octanol–water partition coefficient (Wildman–Crippen LogP) is 10.00. The minimum Gasteiger partial charge on any atom is -0.392 e. The molecule has 0 aromatic heterocycles. The summed E-state index contributed by atoms with van der Waals surface area (Å²) in [5, 5.41) is 15.2. The second-order valence-electron chi connectivity index (χ2n) is 17.2. The number of nitrogens with one attached hydrogen (secondary N) is 2. The maximum absolute atomic E-state index is 13.9. The highest BCUT2D eigenvalue weighted by atomic mass is 32.2. The number of likely N-dealkylation sites (N-methyl/N-ethyl adjacent to an activating group) is 1. The first-order valence-corrected chi connectivity index (χ1v) is 23.7. The van der Waals surface area contributed by atoms with Gasteiger partial charge < -0.3 is 19.9 Å². The highest BCUT2D eigenvalue weighted by molar-refractivity contribution is 7.89. The number of hydrogen-bond acceptors (Lipinski definition) is 7. The zero-order chi connectivity index (χ0) is 45.5. The average Bonchev–Trinajstić information content (AvgIpc) is 3.33. The van der Waals surface area contributed by atoms with Gasteiger partial charge in [-0.05, 0) is 95.2 Å². The van der Waals surface area contributed by atoms with Crippen LogP contribution in [0.5, 0.6) is 0 Å². The summed E-state index contributed by atoms with van der Waals surface area (Å²) in [6.45, 7) is 7.14. The van der Waals surface area contributed by atoms with Gasteiger partial charge in [0.2, 0.25) is 15.9 Å². The van der Waals surface area contributed by atoms with Crippen molar-refractivity contribution < 1.29 is 27.8 Å². The Morgan fingerprint density at radius 3 is 2.12 bits per heavy atom. The van der Waals surface area contributed by atoms with Gasteiger partial charge in [0, 0.05) is 30.6 Å². The summed E-state index contributed by atoms with van der Waals surface area (Å²) in [5.74, 6) is -0.410. The van der Waals surface area contributed by atoms with Crippen LogP contribution in [0, 0.1) is 12.8 Å². The molecule has 0 radical (unpaired) electrons. The van der Waals surface area contributed by atoms with E-state index in [4.69, 9.17) is 9.47 Å². The molecule has 1 amide bonds. The number of aryl methyl sites for hydroxylation is 1. The summed E-state index contributed by atoms with van der Waals surface area (Å²) in [6, 6.07) is 54.1. The van der Waals surface area contributed by atoms with Crippen LogP contribution in [0.3, 0.4) is 0 Å². The van der Waals surface area contributed by atoms with Gasteiger partial charge in [0.1, 0.15) is 6.04 Å². The molecule has 9 nitrogen and oxygen atoms in total. The van der Waals surface area contributed by atoms with E-state index in [9.17, 15) is 18.3 Å². The summed E-state index contributed by atoms with van der Waals surface area (Å²) in [4.78, 5) is 16.4. The Hall–Kier alpha value is -5.98. The lowest BCUT2D eigenvalue weighted by atomic mass is 9.89. The molecule has 3 N–H and O–H groups in total. The third-order valence-corrected chi connectivity index (χ3v) is 14.2. The normalized spacial score (nSPS) is 18.6. The van der Waals surface area contributed by atoms with Crippen LogP contribution < -0.4 is 10.0 Å². The number of amides is 1. The maximum Gasteiger partial charge on any atom is 0.241 e. The fourth-order valence-electron chi connectivity index (χ4n) is 8.58. The van der Waals surface area contributed by atoms with Gasteiger partial charge in [0.05, 0.1) is 23.7 Å². The number of hydrogen-bond donors (Lipinski definition) is 3. The van der Waals surface area contributed by atoms with E-state index in [2.05, 4.69) is 78.3 Å². The molecule has 0 unspecified atom stereocenters. The van der Waals surface area contributed by atoms with Crippen molar-refractivity contribution in [2.24, 2.45) is 5.92 Å². The van der Waals surface area contributed by atoms with Crippen LogP contribution in [-0.2, 0) is 43.9 Å². The fraction of sp³-hybridized carbons (Fsp3) is 0.255. The molecule has 7 aromatic rings. The number of sulfonamides is 1. The highest BCUT2D eigenvalue weighted by Gasteiger charge is 2.39. The fourth-order valence-corrected chi connectivity index (χ4v) is 9.78. The van der Waals surface area contributed by atoms with Crippen LogP contribution in [0.25, 0.3) is 21.9 Å².